The zero-order chi connectivity index (χ0) is 15.1. The lowest BCUT2D eigenvalue weighted by molar-refractivity contribution is -0.117. The third-order valence-corrected chi connectivity index (χ3v) is 3.86. The van der Waals surface area contributed by atoms with Gasteiger partial charge in [0.05, 0.1) is 5.69 Å². The summed E-state index contributed by atoms with van der Waals surface area (Å²) in [6.07, 6.45) is 1.93. The number of fused-ring (bicyclic) bond motifs is 1. The maximum absolute atomic E-state index is 11.9. The number of aryl methyl sites for hydroxylation is 1. The van der Waals surface area contributed by atoms with Crippen molar-refractivity contribution in [1.82, 2.24) is 14.6 Å². The summed E-state index contributed by atoms with van der Waals surface area (Å²) < 4.78 is 1.78. The molecule has 0 unspecified atom stereocenters. The van der Waals surface area contributed by atoms with Crippen LogP contribution in [0.4, 0.5) is 5.95 Å². The number of rotatable bonds is 3. The number of pyridine rings is 1. The first-order chi connectivity index (χ1) is 10.7. The van der Waals surface area contributed by atoms with Crippen LogP contribution in [0.2, 0.25) is 0 Å². The molecular formula is C17H16N4O. The lowest BCUT2D eigenvalue weighted by Gasteiger charge is -2.04. The fourth-order valence-corrected chi connectivity index (χ4v) is 2.54. The van der Waals surface area contributed by atoms with Crippen LogP contribution < -0.4 is 5.32 Å². The predicted molar refractivity (Wildman–Crippen MR) is 84.5 cm³/mol. The second-order valence-electron chi connectivity index (χ2n) is 5.75. The van der Waals surface area contributed by atoms with Crippen molar-refractivity contribution < 1.29 is 4.79 Å². The number of hydrogen-bond acceptors (Lipinski definition) is 3. The average molecular weight is 292 g/mol. The Kier molecular flexibility index (Phi) is 2.92. The molecule has 1 fully saturated rings. The first kappa shape index (κ1) is 13.0. The molecule has 1 N–H and O–H groups in total. The van der Waals surface area contributed by atoms with Crippen molar-refractivity contribution in [3.8, 4) is 11.3 Å². The van der Waals surface area contributed by atoms with Crippen molar-refractivity contribution in [2.24, 2.45) is 5.92 Å². The number of carbonyl (C=O) groups excluding carboxylic acids is 1. The third kappa shape index (κ3) is 2.35. The summed E-state index contributed by atoms with van der Waals surface area (Å²) in [5.74, 6) is 0.535. The minimum atomic E-state index is 0.0213. The lowest BCUT2D eigenvalue weighted by Crippen LogP contribution is -2.14. The summed E-state index contributed by atoms with van der Waals surface area (Å²) in [5, 5.41) is 7.24. The van der Waals surface area contributed by atoms with E-state index < -0.39 is 0 Å². The predicted octanol–water partition coefficient (Wildman–Crippen LogP) is 3.05. The Bertz CT molecular complexity index is 864. The number of benzene rings is 1. The molecule has 3 aromatic rings. The second-order valence-corrected chi connectivity index (χ2v) is 5.75. The molecule has 1 aromatic carbocycles. The molecule has 0 atom stereocenters. The number of nitrogens with zero attached hydrogens (tertiary/aromatic N) is 3. The summed E-state index contributed by atoms with van der Waals surface area (Å²) in [6.45, 7) is 2.06. The summed E-state index contributed by atoms with van der Waals surface area (Å²) in [4.78, 5) is 16.2. The Morgan fingerprint density at radius 1 is 1.23 bits per heavy atom. The standard InChI is InChI=1S/C17H16N4O/c1-11-4-2-5-13(10-11)14-6-3-7-15-18-17(20-21(14)15)19-16(22)12-8-9-12/h2-7,10,12H,8-9H2,1H3,(H,19,20,22). The maximum atomic E-state index is 11.9. The smallest absolute Gasteiger partial charge is 0.249 e. The fourth-order valence-electron chi connectivity index (χ4n) is 2.54. The first-order valence-corrected chi connectivity index (χ1v) is 7.44. The topological polar surface area (TPSA) is 59.3 Å². The maximum Gasteiger partial charge on any atom is 0.249 e. The molecule has 1 aliphatic rings. The average Bonchev–Trinajstić information content (AvgIpc) is 3.27. The molecule has 0 bridgehead atoms. The van der Waals surface area contributed by atoms with Gasteiger partial charge in [-0.05, 0) is 38.0 Å². The van der Waals surface area contributed by atoms with Gasteiger partial charge in [0.15, 0.2) is 5.65 Å². The molecule has 2 heterocycles. The summed E-state index contributed by atoms with van der Waals surface area (Å²) in [5.41, 5.74) is 3.96. The van der Waals surface area contributed by atoms with Gasteiger partial charge < -0.3 is 0 Å². The van der Waals surface area contributed by atoms with Gasteiger partial charge in [0, 0.05) is 11.5 Å². The highest BCUT2D eigenvalue weighted by Gasteiger charge is 2.30. The van der Waals surface area contributed by atoms with Gasteiger partial charge in [-0.3, -0.25) is 10.1 Å². The minimum Gasteiger partial charge on any atom is -0.293 e. The van der Waals surface area contributed by atoms with E-state index in [1.54, 1.807) is 4.52 Å². The highest BCUT2D eigenvalue weighted by molar-refractivity contribution is 5.92. The summed E-state index contributed by atoms with van der Waals surface area (Å²) in [7, 11) is 0. The van der Waals surface area contributed by atoms with Crippen LogP contribution in [0.5, 0.6) is 0 Å². The second kappa shape index (κ2) is 4.94. The van der Waals surface area contributed by atoms with Crippen LogP contribution in [0.3, 0.4) is 0 Å². The molecule has 1 saturated carbocycles. The molecule has 4 rings (SSSR count). The van der Waals surface area contributed by atoms with Crippen molar-refractivity contribution in [1.29, 1.82) is 0 Å². The van der Waals surface area contributed by atoms with E-state index in [-0.39, 0.29) is 11.8 Å². The highest BCUT2D eigenvalue weighted by Crippen LogP contribution is 2.30. The van der Waals surface area contributed by atoms with E-state index in [1.807, 2.05) is 30.3 Å². The van der Waals surface area contributed by atoms with Gasteiger partial charge in [0.2, 0.25) is 11.9 Å². The van der Waals surface area contributed by atoms with Gasteiger partial charge >= 0.3 is 0 Å². The van der Waals surface area contributed by atoms with Gasteiger partial charge in [-0.1, -0.05) is 29.8 Å². The summed E-state index contributed by atoms with van der Waals surface area (Å²) in [6, 6.07) is 14.1. The van der Waals surface area contributed by atoms with Gasteiger partial charge in [0.25, 0.3) is 0 Å². The molecule has 0 radical (unpaired) electrons. The number of hydrogen-bond donors (Lipinski definition) is 1. The van der Waals surface area contributed by atoms with Crippen LogP contribution in [-0.2, 0) is 4.79 Å². The van der Waals surface area contributed by atoms with E-state index in [2.05, 4.69) is 34.5 Å². The lowest BCUT2D eigenvalue weighted by atomic mass is 10.1. The van der Waals surface area contributed by atoms with Crippen molar-refractivity contribution in [2.75, 3.05) is 5.32 Å². The van der Waals surface area contributed by atoms with Crippen LogP contribution in [0.15, 0.2) is 42.5 Å². The molecular weight excluding hydrogens is 276 g/mol. The van der Waals surface area contributed by atoms with E-state index in [0.717, 1.165) is 29.7 Å². The normalized spacial score (nSPS) is 14.2. The van der Waals surface area contributed by atoms with Crippen molar-refractivity contribution in [2.45, 2.75) is 19.8 Å². The molecule has 0 spiro atoms. The largest absolute Gasteiger partial charge is 0.293 e. The van der Waals surface area contributed by atoms with E-state index in [4.69, 9.17) is 0 Å². The monoisotopic (exact) mass is 292 g/mol. The molecule has 5 heteroatoms. The molecule has 0 aliphatic heterocycles. The number of nitrogens with one attached hydrogen (secondary N) is 1. The molecule has 110 valence electrons. The molecule has 2 aromatic heterocycles. The van der Waals surface area contributed by atoms with Gasteiger partial charge in [0.1, 0.15) is 0 Å². The summed E-state index contributed by atoms with van der Waals surface area (Å²) >= 11 is 0. The van der Waals surface area contributed by atoms with E-state index in [1.165, 1.54) is 5.56 Å². The van der Waals surface area contributed by atoms with Gasteiger partial charge in [-0.15, -0.1) is 5.10 Å². The zero-order valence-electron chi connectivity index (χ0n) is 12.3. The third-order valence-electron chi connectivity index (χ3n) is 3.86. The number of carbonyl (C=O) groups is 1. The Labute approximate surface area is 128 Å². The number of aromatic nitrogens is 3. The van der Waals surface area contributed by atoms with Crippen LogP contribution in [0.25, 0.3) is 16.9 Å². The van der Waals surface area contributed by atoms with Crippen LogP contribution in [0, 0.1) is 12.8 Å². The van der Waals surface area contributed by atoms with Crippen LogP contribution in [-0.4, -0.2) is 20.5 Å². The van der Waals surface area contributed by atoms with E-state index >= 15 is 0 Å². The Morgan fingerprint density at radius 2 is 2.05 bits per heavy atom. The van der Waals surface area contributed by atoms with Crippen molar-refractivity contribution >= 4 is 17.5 Å². The first-order valence-electron chi connectivity index (χ1n) is 7.44. The Morgan fingerprint density at radius 3 is 2.82 bits per heavy atom. The molecule has 1 amide bonds. The Hall–Kier alpha value is -2.69. The zero-order valence-corrected chi connectivity index (χ0v) is 12.3. The number of amides is 1. The van der Waals surface area contributed by atoms with Gasteiger partial charge in [-0.25, -0.2) is 4.52 Å². The van der Waals surface area contributed by atoms with Crippen molar-refractivity contribution in [3.63, 3.8) is 0 Å². The quantitative estimate of drug-likeness (QED) is 0.807. The minimum absolute atomic E-state index is 0.0213. The molecule has 22 heavy (non-hydrogen) atoms. The van der Waals surface area contributed by atoms with Crippen molar-refractivity contribution in [3.05, 3.63) is 48.0 Å². The molecule has 0 saturated heterocycles. The van der Waals surface area contributed by atoms with Gasteiger partial charge in [-0.2, -0.15) is 4.98 Å². The van der Waals surface area contributed by atoms with Crippen LogP contribution >= 0.6 is 0 Å². The Balaban J connectivity index is 1.76. The molecule has 5 nitrogen and oxygen atoms in total. The number of anilines is 1. The van der Waals surface area contributed by atoms with E-state index in [0.29, 0.717) is 5.95 Å². The molecule has 1 aliphatic carbocycles. The van der Waals surface area contributed by atoms with E-state index in [9.17, 15) is 4.79 Å². The highest BCUT2D eigenvalue weighted by atomic mass is 16.2. The van der Waals surface area contributed by atoms with Crippen LogP contribution in [0.1, 0.15) is 18.4 Å². The SMILES string of the molecule is Cc1cccc(-c2cccc3nc(NC(=O)C4CC4)nn23)c1. The fraction of sp³-hybridized carbons (Fsp3) is 0.235.